The van der Waals surface area contributed by atoms with Crippen molar-refractivity contribution in [2.24, 2.45) is 0 Å². The van der Waals surface area contributed by atoms with Gasteiger partial charge in [-0.1, -0.05) is 25.1 Å². The lowest BCUT2D eigenvalue weighted by molar-refractivity contribution is 0.622. The van der Waals surface area contributed by atoms with Crippen molar-refractivity contribution < 1.29 is 0 Å². The van der Waals surface area contributed by atoms with Crippen LogP contribution >= 0.6 is 0 Å². The maximum Gasteiger partial charge on any atom is 0.0610 e. The Morgan fingerprint density at radius 1 is 1.26 bits per heavy atom. The Bertz CT molecular complexity index is 543. The van der Waals surface area contributed by atoms with Crippen LogP contribution < -0.4 is 5.32 Å². The molecule has 0 bridgehead atoms. The molecular weight excluding hydrogens is 234 g/mol. The summed E-state index contributed by atoms with van der Waals surface area (Å²) >= 11 is 0. The lowest BCUT2D eigenvalue weighted by Crippen LogP contribution is -2.22. The third-order valence-electron chi connectivity index (χ3n) is 3.68. The minimum absolute atomic E-state index is 0.227. The van der Waals surface area contributed by atoms with Gasteiger partial charge in [0.25, 0.3) is 0 Å². The SMILES string of the molecule is CCNC(c1cnn(CC)c1)c1cccc(C)c1C. The topological polar surface area (TPSA) is 29.9 Å². The van der Waals surface area contributed by atoms with Gasteiger partial charge in [-0.25, -0.2) is 0 Å². The Hall–Kier alpha value is -1.61. The molecule has 0 aliphatic rings. The molecule has 0 spiro atoms. The second-order valence-electron chi connectivity index (χ2n) is 4.91. The van der Waals surface area contributed by atoms with E-state index in [2.05, 4.69) is 62.5 Å². The van der Waals surface area contributed by atoms with E-state index in [4.69, 9.17) is 0 Å². The first-order chi connectivity index (χ1) is 9.17. The molecule has 3 heteroatoms. The average Bonchev–Trinajstić information content (AvgIpc) is 2.88. The normalized spacial score (nSPS) is 12.6. The van der Waals surface area contributed by atoms with Crippen molar-refractivity contribution in [2.45, 2.75) is 40.3 Å². The molecule has 0 saturated heterocycles. The highest BCUT2D eigenvalue weighted by atomic mass is 15.3. The number of aryl methyl sites for hydroxylation is 2. The van der Waals surface area contributed by atoms with Crippen molar-refractivity contribution in [3.05, 3.63) is 52.8 Å². The van der Waals surface area contributed by atoms with E-state index in [1.807, 2.05) is 10.9 Å². The van der Waals surface area contributed by atoms with E-state index in [1.54, 1.807) is 0 Å². The van der Waals surface area contributed by atoms with Gasteiger partial charge in [0.1, 0.15) is 0 Å². The fourth-order valence-electron chi connectivity index (χ4n) is 2.40. The Kier molecular flexibility index (Phi) is 4.38. The van der Waals surface area contributed by atoms with Gasteiger partial charge in [-0.2, -0.15) is 5.10 Å². The molecule has 0 amide bonds. The number of hydrogen-bond donors (Lipinski definition) is 1. The van der Waals surface area contributed by atoms with Crippen LogP contribution in [0.25, 0.3) is 0 Å². The molecule has 2 aromatic rings. The van der Waals surface area contributed by atoms with Crippen molar-refractivity contribution in [3.8, 4) is 0 Å². The molecule has 1 aromatic heterocycles. The highest BCUT2D eigenvalue weighted by molar-refractivity contribution is 5.39. The molecule has 0 aliphatic heterocycles. The van der Waals surface area contributed by atoms with Gasteiger partial charge in [-0.3, -0.25) is 4.68 Å². The van der Waals surface area contributed by atoms with Gasteiger partial charge in [0.05, 0.1) is 12.2 Å². The maximum atomic E-state index is 4.39. The maximum absolute atomic E-state index is 4.39. The smallest absolute Gasteiger partial charge is 0.0610 e. The monoisotopic (exact) mass is 257 g/mol. The molecule has 102 valence electrons. The minimum Gasteiger partial charge on any atom is -0.306 e. The summed E-state index contributed by atoms with van der Waals surface area (Å²) in [6.45, 7) is 10.5. The van der Waals surface area contributed by atoms with Crippen LogP contribution in [0.15, 0.2) is 30.6 Å². The largest absolute Gasteiger partial charge is 0.306 e. The second-order valence-corrected chi connectivity index (χ2v) is 4.91. The summed E-state index contributed by atoms with van der Waals surface area (Å²) in [6.07, 6.45) is 4.10. The highest BCUT2D eigenvalue weighted by Gasteiger charge is 2.17. The van der Waals surface area contributed by atoms with Crippen LogP contribution in [0.3, 0.4) is 0 Å². The Labute approximate surface area is 115 Å². The van der Waals surface area contributed by atoms with Crippen LogP contribution in [-0.2, 0) is 6.54 Å². The molecule has 0 fully saturated rings. The summed E-state index contributed by atoms with van der Waals surface area (Å²) in [5, 5.41) is 7.96. The van der Waals surface area contributed by atoms with Gasteiger partial charge in [0.2, 0.25) is 0 Å². The van der Waals surface area contributed by atoms with E-state index < -0.39 is 0 Å². The summed E-state index contributed by atoms with van der Waals surface area (Å²) in [7, 11) is 0. The first-order valence-corrected chi connectivity index (χ1v) is 6.99. The molecule has 0 radical (unpaired) electrons. The van der Waals surface area contributed by atoms with E-state index in [0.29, 0.717) is 0 Å². The number of aromatic nitrogens is 2. The van der Waals surface area contributed by atoms with Crippen molar-refractivity contribution in [1.29, 1.82) is 0 Å². The Balaban J connectivity index is 2.42. The van der Waals surface area contributed by atoms with Crippen LogP contribution in [0.4, 0.5) is 0 Å². The van der Waals surface area contributed by atoms with Crippen molar-refractivity contribution in [1.82, 2.24) is 15.1 Å². The van der Waals surface area contributed by atoms with Gasteiger partial charge in [-0.05, 0) is 44.0 Å². The molecule has 0 aliphatic carbocycles. The zero-order chi connectivity index (χ0) is 13.8. The van der Waals surface area contributed by atoms with Crippen LogP contribution in [-0.4, -0.2) is 16.3 Å². The molecule has 3 nitrogen and oxygen atoms in total. The van der Waals surface area contributed by atoms with Crippen LogP contribution in [0.2, 0.25) is 0 Å². The van der Waals surface area contributed by atoms with Crippen molar-refractivity contribution >= 4 is 0 Å². The van der Waals surface area contributed by atoms with Gasteiger partial charge < -0.3 is 5.32 Å². The predicted octanol–water partition coefficient (Wildman–Crippen LogP) is 3.22. The zero-order valence-corrected chi connectivity index (χ0v) is 12.3. The minimum atomic E-state index is 0.227. The van der Waals surface area contributed by atoms with Gasteiger partial charge in [-0.15, -0.1) is 0 Å². The molecule has 1 N–H and O–H groups in total. The fourth-order valence-corrected chi connectivity index (χ4v) is 2.40. The third kappa shape index (κ3) is 2.87. The number of rotatable bonds is 5. The number of benzene rings is 1. The zero-order valence-electron chi connectivity index (χ0n) is 12.3. The second kappa shape index (κ2) is 6.02. The van der Waals surface area contributed by atoms with Gasteiger partial charge >= 0.3 is 0 Å². The molecule has 1 aromatic carbocycles. The van der Waals surface area contributed by atoms with E-state index in [9.17, 15) is 0 Å². The van der Waals surface area contributed by atoms with Gasteiger partial charge in [0, 0.05) is 18.3 Å². The molecule has 1 atom stereocenters. The number of hydrogen-bond acceptors (Lipinski definition) is 2. The quantitative estimate of drug-likeness (QED) is 0.891. The summed E-state index contributed by atoms with van der Waals surface area (Å²) in [5.74, 6) is 0. The van der Waals surface area contributed by atoms with Crippen molar-refractivity contribution in [2.75, 3.05) is 6.54 Å². The lowest BCUT2D eigenvalue weighted by Gasteiger charge is -2.20. The van der Waals surface area contributed by atoms with Crippen LogP contribution in [0, 0.1) is 13.8 Å². The lowest BCUT2D eigenvalue weighted by atomic mass is 9.94. The first-order valence-electron chi connectivity index (χ1n) is 6.99. The van der Waals surface area contributed by atoms with E-state index in [-0.39, 0.29) is 6.04 Å². The Morgan fingerprint density at radius 3 is 2.68 bits per heavy atom. The predicted molar refractivity (Wildman–Crippen MR) is 79.3 cm³/mol. The number of nitrogens with one attached hydrogen (secondary N) is 1. The van der Waals surface area contributed by atoms with E-state index in [0.717, 1.165) is 13.1 Å². The highest BCUT2D eigenvalue weighted by Crippen LogP contribution is 2.26. The van der Waals surface area contributed by atoms with Gasteiger partial charge in [0.15, 0.2) is 0 Å². The Morgan fingerprint density at radius 2 is 2.05 bits per heavy atom. The summed E-state index contributed by atoms with van der Waals surface area (Å²) < 4.78 is 1.98. The molecule has 19 heavy (non-hydrogen) atoms. The van der Waals surface area contributed by atoms with Crippen LogP contribution in [0.1, 0.15) is 42.1 Å². The standard InChI is InChI=1S/C16H23N3/c1-5-17-16(14-10-18-19(6-2)11-14)15-9-7-8-12(3)13(15)4/h7-11,16-17H,5-6H2,1-4H3. The molecular formula is C16H23N3. The molecule has 2 rings (SSSR count). The molecule has 0 saturated carbocycles. The average molecular weight is 257 g/mol. The van der Waals surface area contributed by atoms with E-state index >= 15 is 0 Å². The third-order valence-corrected chi connectivity index (χ3v) is 3.68. The molecule has 1 heterocycles. The first kappa shape index (κ1) is 13.8. The molecule has 1 unspecified atom stereocenters. The fraction of sp³-hybridized carbons (Fsp3) is 0.438. The van der Waals surface area contributed by atoms with Crippen LogP contribution in [0.5, 0.6) is 0 Å². The summed E-state index contributed by atoms with van der Waals surface area (Å²) in [6, 6.07) is 6.73. The number of nitrogens with zero attached hydrogens (tertiary/aromatic N) is 2. The summed E-state index contributed by atoms with van der Waals surface area (Å²) in [5.41, 5.74) is 5.27. The summed E-state index contributed by atoms with van der Waals surface area (Å²) in [4.78, 5) is 0. The van der Waals surface area contributed by atoms with Crippen molar-refractivity contribution in [3.63, 3.8) is 0 Å². The van der Waals surface area contributed by atoms with E-state index in [1.165, 1.54) is 22.3 Å².